The van der Waals surface area contributed by atoms with Gasteiger partial charge in [0, 0.05) is 6.07 Å². The molecule has 0 saturated carbocycles. The first-order chi connectivity index (χ1) is 9.63. The van der Waals surface area contributed by atoms with Crippen molar-refractivity contribution >= 4 is 5.97 Å². The van der Waals surface area contributed by atoms with Gasteiger partial charge < -0.3 is 14.6 Å². The van der Waals surface area contributed by atoms with Crippen LogP contribution < -0.4 is 9.47 Å². The quantitative estimate of drug-likeness (QED) is 0.904. The summed E-state index contributed by atoms with van der Waals surface area (Å²) in [5.41, 5.74) is 0.190. The van der Waals surface area contributed by atoms with Gasteiger partial charge in [-0.2, -0.15) is 5.26 Å². The topological polar surface area (TPSA) is 105 Å². The van der Waals surface area contributed by atoms with Gasteiger partial charge in [-0.25, -0.2) is 9.78 Å². The van der Waals surface area contributed by atoms with Crippen molar-refractivity contribution in [3.63, 3.8) is 0 Å². The maximum Gasteiger partial charge on any atom is 0.356 e. The van der Waals surface area contributed by atoms with E-state index in [2.05, 4.69) is 9.97 Å². The van der Waals surface area contributed by atoms with Gasteiger partial charge in [-0.1, -0.05) is 0 Å². The highest BCUT2D eigenvalue weighted by molar-refractivity contribution is 5.84. The SMILES string of the molecule is COc1cc(C#N)ccc1Oc1cncc(C(=O)O)n1. The first-order valence-electron chi connectivity index (χ1n) is 5.45. The molecule has 100 valence electrons. The summed E-state index contributed by atoms with van der Waals surface area (Å²) < 4.78 is 10.5. The minimum atomic E-state index is -1.20. The average Bonchev–Trinajstić information content (AvgIpc) is 2.48. The molecular formula is C13H9N3O4. The molecule has 2 rings (SSSR count). The Hall–Kier alpha value is -3.14. The molecule has 0 spiro atoms. The fourth-order valence-electron chi connectivity index (χ4n) is 1.43. The lowest BCUT2D eigenvalue weighted by Crippen LogP contribution is -2.02. The van der Waals surface area contributed by atoms with Gasteiger partial charge >= 0.3 is 5.97 Å². The van der Waals surface area contributed by atoms with E-state index < -0.39 is 5.97 Å². The van der Waals surface area contributed by atoms with E-state index in [9.17, 15) is 4.79 Å². The molecule has 1 aromatic heterocycles. The standard InChI is InChI=1S/C13H9N3O4/c1-19-11-4-8(5-14)2-3-10(11)20-12-7-15-6-9(16-12)13(17)18/h2-4,6-7H,1H3,(H,17,18). The third kappa shape index (κ3) is 2.81. The number of ether oxygens (including phenoxy) is 2. The second-order valence-electron chi connectivity index (χ2n) is 3.63. The zero-order valence-corrected chi connectivity index (χ0v) is 10.4. The van der Waals surface area contributed by atoms with Crippen LogP contribution in [0, 0.1) is 11.3 Å². The number of nitrogens with zero attached hydrogens (tertiary/aromatic N) is 3. The molecule has 1 N–H and O–H groups in total. The van der Waals surface area contributed by atoms with Crippen LogP contribution in [0.4, 0.5) is 0 Å². The Morgan fingerprint density at radius 2 is 2.15 bits per heavy atom. The summed E-state index contributed by atoms with van der Waals surface area (Å²) in [5, 5.41) is 17.6. The summed E-state index contributed by atoms with van der Waals surface area (Å²) in [6.07, 6.45) is 2.40. The molecule has 2 aromatic rings. The summed E-state index contributed by atoms with van der Waals surface area (Å²) in [6.45, 7) is 0. The first-order valence-corrected chi connectivity index (χ1v) is 5.45. The van der Waals surface area contributed by atoms with Crippen molar-refractivity contribution in [2.24, 2.45) is 0 Å². The Morgan fingerprint density at radius 3 is 2.80 bits per heavy atom. The van der Waals surface area contributed by atoms with E-state index in [0.717, 1.165) is 6.20 Å². The fraction of sp³-hybridized carbons (Fsp3) is 0.0769. The number of carboxylic acids is 1. The number of aromatic nitrogens is 2. The molecule has 0 aliphatic carbocycles. The molecule has 0 aliphatic heterocycles. The lowest BCUT2D eigenvalue weighted by Gasteiger charge is -2.09. The van der Waals surface area contributed by atoms with Crippen LogP contribution >= 0.6 is 0 Å². The van der Waals surface area contributed by atoms with Crippen LogP contribution in [-0.4, -0.2) is 28.2 Å². The molecule has 0 radical (unpaired) electrons. The van der Waals surface area contributed by atoms with Gasteiger partial charge in [0.2, 0.25) is 5.88 Å². The van der Waals surface area contributed by atoms with Gasteiger partial charge in [0.1, 0.15) is 0 Å². The summed E-state index contributed by atoms with van der Waals surface area (Å²) in [6, 6.07) is 6.56. The minimum Gasteiger partial charge on any atom is -0.493 e. The van der Waals surface area contributed by atoms with Crippen LogP contribution in [0.25, 0.3) is 0 Å². The van der Waals surface area contributed by atoms with E-state index >= 15 is 0 Å². The smallest absolute Gasteiger partial charge is 0.356 e. The van der Waals surface area contributed by atoms with E-state index in [1.54, 1.807) is 6.07 Å². The van der Waals surface area contributed by atoms with Crippen molar-refractivity contribution in [2.75, 3.05) is 7.11 Å². The molecule has 0 bridgehead atoms. The summed E-state index contributed by atoms with van der Waals surface area (Å²) >= 11 is 0. The second-order valence-corrected chi connectivity index (χ2v) is 3.63. The van der Waals surface area contributed by atoms with Crippen molar-refractivity contribution in [1.29, 1.82) is 5.26 Å². The minimum absolute atomic E-state index is 0.0212. The summed E-state index contributed by atoms with van der Waals surface area (Å²) in [7, 11) is 1.43. The number of benzene rings is 1. The molecule has 7 nitrogen and oxygen atoms in total. The van der Waals surface area contributed by atoms with Crippen molar-refractivity contribution in [2.45, 2.75) is 0 Å². The van der Waals surface area contributed by atoms with Crippen molar-refractivity contribution < 1.29 is 19.4 Å². The molecule has 0 unspecified atom stereocenters. The van der Waals surface area contributed by atoms with E-state index in [1.807, 2.05) is 6.07 Å². The van der Waals surface area contributed by atoms with Crippen LogP contribution in [0.15, 0.2) is 30.6 Å². The highest BCUT2D eigenvalue weighted by Crippen LogP contribution is 2.31. The number of hydrogen-bond donors (Lipinski definition) is 1. The molecule has 1 aromatic carbocycles. The second kappa shape index (κ2) is 5.67. The van der Waals surface area contributed by atoms with Gasteiger partial charge in [0.15, 0.2) is 17.2 Å². The first kappa shape index (κ1) is 13.3. The van der Waals surface area contributed by atoms with Gasteiger partial charge in [-0.15, -0.1) is 0 Å². The lowest BCUT2D eigenvalue weighted by molar-refractivity contribution is 0.0689. The van der Waals surface area contributed by atoms with Crippen LogP contribution in [0.1, 0.15) is 16.1 Å². The number of methoxy groups -OCH3 is 1. The zero-order chi connectivity index (χ0) is 14.5. The number of rotatable bonds is 4. The van der Waals surface area contributed by atoms with E-state index in [4.69, 9.17) is 19.8 Å². The molecule has 0 amide bonds. The van der Waals surface area contributed by atoms with Gasteiger partial charge in [0.05, 0.1) is 31.1 Å². The average molecular weight is 271 g/mol. The predicted octanol–water partition coefficient (Wildman–Crippen LogP) is 1.85. The maximum atomic E-state index is 10.8. The summed E-state index contributed by atoms with van der Waals surface area (Å²) in [5.74, 6) is -0.530. The van der Waals surface area contributed by atoms with Gasteiger partial charge in [-0.3, -0.25) is 4.98 Å². The molecular weight excluding hydrogens is 262 g/mol. The van der Waals surface area contributed by atoms with Gasteiger partial charge in [0.25, 0.3) is 0 Å². The number of hydrogen-bond acceptors (Lipinski definition) is 6. The highest BCUT2D eigenvalue weighted by Gasteiger charge is 2.11. The molecule has 0 aliphatic rings. The normalized spacial score (nSPS) is 9.60. The van der Waals surface area contributed by atoms with Crippen LogP contribution in [0.5, 0.6) is 17.4 Å². The van der Waals surface area contributed by atoms with E-state index in [-0.39, 0.29) is 11.6 Å². The zero-order valence-electron chi connectivity index (χ0n) is 10.4. The Balaban J connectivity index is 2.32. The largest absolute Gasteiger partial charge is 0.493 e. The van der Waals surface area contributed by atoms with E-state index in [1.165, 1.54) is 25.4 Å². The number of carboxylic acid groups (broad SMARTS) is 1. The van der Waals surface area contributed by atoms with Gasteiger partial charge in [-0.05, 0) is 12.1 Å². The Bertz CT molecular complexity index is 694. The molecule has 7 heteroatoms. The number of aromatic carboxylic acids is 1. The number of carbonyl (C=O) groups is 1. The molecule has 1 heterocycles. The van der Waals surface area contributed by atoms with Crippen LogP contribution in [0.2, 0.25) is 0 Å². The maximum absolute atomic E-state index is 10.8. The molecule has 0 fully saturated rings. The third-order valence-electron chi connectivity index (χ3n) is 2.34. The molecule has 0 atom stereocenters. The lowest BCUT2D eigenvalue weighted by atomic mass is 10.2. The fourth-order valence-corrected chi connectivity index (χ4v) is 1.43. The number of nitriles is 1. The Kier molecular flexibility index (Phi) is 3.77. The van der Waals surface area contributed by atoms with Crippen molar-refractivity contribution in [3.8, 4) is 23.4 Å². The monoisotopic (exact) mass is 271 g/mol. The Morgan fingerprint density at radius 1 is 1.35 bits per heavy atom. The van der Waals surface area contributed by atoms with Crippen LogP contribution in [-0.2, 0) is 0 Å². The predicted molar refractivity (Wildman–Crippen MR) is 66.8 cm³/mol. The van der Waals surface area contributed by atoms with E-state index in [0.29, 0.717) is 17.1 Å². The highest BCUT2D eigenvalue weighted by atomic mass is 16.5. The molecule has 0 saturated heterocycles. The van der Waals surface area contributed by atoms with Crippen LogP contribution in [0.3, 0.4) is 0 Å². The van der Waals surface area contributed by atoms with Crippen molar-refractivity contribution in [3.05, 3.63) is 41.9 Å². The summed E-state index contributed by atoms with van der Waals surface area (Å²) in [4.78, 5) is 18.3. The third-order valence-corrected chi connectivity index (χ3v) is 2.34. The van der Waals surface area contributed by atoms with Crippen molar-refractivity contribution in [1.82, 2.24) is 9.97 Å². The Labute approximate surface area is 114 Å². The molecule has 20 heavy (non-hydrogen) atoms.